The van der Waals surface area contributed by atoms with E-state index in [2.05, 4.69) is 5.32 Å². The average molecular weight is 471 g/mol. The highest BCUT2D eigenvalue weighted by atomic mass is 16.5. The third kappa shape index (κ3) is 7.97. The SMILES string of the molecule is CCCNC(=O)C(C)N(Cc1ccc(OC)cc1)C(=O)CCc1ccc(OCC)c(OCC)c1. The molecule has 0 aromatic heterocycles. The molecule has 2 aromatic carbocycles. The van der Waals surface area contributed by atoms with Gasteiger partial charge in [-0.3, -0.25) is 9.59 Å². The second kappa shape index (κ2) is 14.1. The minimum absolute atomic E-state index is 0.0817. The summed E-state index contributed by atoms with van der Waals surface area (Å²) in [6.07, 6.45) is 1.65. The Kier molecular flexibility index (Phi) is 11.2. The zero-order valence-corrected chi connectivity index (χ0v) is 21.1. The molecule has 1 unspecified atom stereocenters. The molecular weight excluding hydrogens is 432 g/mol. The quantitative estimate of drug-likeness (QED) is 0.444. The van der Waals surface area contributed by atoms with E-state index in [1.807, 2.05) is 63.2 Å². The summed E-state index contributed by atoms with van der Waals surface area (Å²) in [5.74, 6) is 1.89. The zero-order valence-electron chi connectivity index (χ0n) is 21.1. The average Bonchev–Trinajstić information content (AvgIpc) is 2.85. The van der Waals surface area contributed by atoms with Crippen LogP contribution in [-0.4, -0.2) is 49.6 Å². The summed E-state index contributed by atoms with van der Waals surface area (Å²) in [6, 6.07) is 12.7. The molecule has 1 atom stereocenters. The predicted octanol–water partition coefficient (Wildman–Crippen LogP) is 4.37. The highest BCUT2D eigenvalue weighted by Gasteiger charge is 2.25. The predicted molar refractivity (Wildman–Crippen MR) is 133 cm³/mol. The van der Waals surface area contributed by atoms with Gasteiger partial charge in [-0.25, -0.2) is 0 Å². The van der Waals surface area contributed by atoms with E-state index in [1.165, 1.54) is 0 Å². The molecule has 1 N–H and O–H groups in total. The van der Waals surface area contributed by atoms with Crippen LogP contribution in [0.2, 0.25) is 0 Å². The molecule has 2 aromatic rings. The lowest BCUT2D eigenvalue weighted by Gasteiger charge is -2.29. The molecule has 0 heterocycles. The van der Waals surface area contributed by atoms with Crippen molar-refractivity contribution in [3.63, 3.8) is 0 Å². The van der Waals surface area contributed by atoms with Crippen molar-refractivity contribution in [2.75, 3.05) is 26.9 Å². The van der Waals surface area contributed by atoms with E-state index in [1.54, 1.807) is 18.9 Å². The van der Waals surface area contributed by atoms with E-state index < -0.39 is 6.04 Å². The van der Waals surface area contributed by atoms with E-state index in [4.69, 9.17) is 14.2 Å². The summed E-state index contributed by atoms with van der Waals surface area (Å²) in [7, 11) is 1.61. The number of carbonyl (C=O) groups excluding carboxylic acids is 2. The van der Waals surface area contributed by atoms with Crippen LogP contribution in [0.3, 0.4) is 0 Å². The second-order valence-corrected chi connectivity index (χ2v) is 7.98. The fourth-order valence-corrected chi connectivity index (χ4v) is 3.55. The lowest BCUT2D eigenvalue weighted by molar-refractivity contribution is -0.140. The number of amides is 2. The van der Waals surface area contributed by atoms with Crippen molar-refractivity contribution in [1.29, 1.82) is 0 Å². The van der Waals surface area contributed by atoms with E-state index in [0.717, 1.165) is 23.3 Å². The summed E-state index contributed by atoms with van der Waals surface area (Å²) in [5.41, 5.74) is 1.91. The molecule has 0 radical (unpaired) electrons. The molecule has 0 aliphatic rings. The van der Waals surface area contributed by atoms with Crippen LogP contribution in [0.25, 0.3) is 0 Å². The smallest absolute Gasteiger partial charge is 0.242 e. The van der Waals surface area contributed by atoms with Crippen LogP contribution in [0.4, 0.5) is 0 Å². The van der Waals surface area contributed by atoms with Crippen molar-refractivity contribution in [3.05, 3.63) is 53.6 Å². The van der Waals surface area contributed by atoms with E-state index in [9.17, 15) is 9.59 Å². The number of nitrogens with one attached hydrogen (secondary N) is 1. The molecule has 0 fully saturated rings. The topological polar surface area (TPSA) is 77.1 Å². The maximum Gasteiger partial charge on any atom is 0.242 e. The zero-order chi connectivity index (χ0) is 24.9. The minimum Gasteiger partial charge on any atom is -0.497 e. The van der Waals surface area contributed by atoms with Gasteiger partial charge in [0.2, 0.25) is 11.8 Å². The Balaban J connectivity index is 2.16. The van der Waals surface area contributed by atoms with Gasteiger partial charge in [0, 0.05) is 19.5 Å². The fraction of sp³-hybridized carbons (Fsp3) is 0.481. The number of methoxy groups -OCH3 is 1. The van der Waals surface area contributed by atoms with Gasteiger partial charge < -0.3 is 24.4 Å². The molecule has 0 saturated carbocycles. The highest BCUT2D eigenvalue weighted by Crippen LogP contribution is 2.29. The number of rotatable bonds is 14. The van der Waals surface area contributed by atoms with Gasteiger partial charge in [0.1, 0.15) is 11.8 Å². The summed E-state index contributed by atoms with van der Waals surface area (Å²) < 4.78 is 16.6. The normalized spacial score (nSPS) is 11.4. The number of hydrogen-bond acceptors (Lipinski definition) is 5. The molecule has 186 valence electrons. The molecule has 0 bridgehead atoms. The number of ether oxygens (including phenoxy) is 3. The maximum absolute atomic E-state index is 13.3. The number of carbonyl (C=O) groups is 2. The summed E-state index contributed by atoms with van der Waals surface area (Å²) in [4.78, 5) is 27.6. The lowest BCUT2D eigenvalue weighted by atomic mass is 10.1. The van der Waals surface area contributed by atoms with Gasteiger partial charge in [-0.15, -0.1) is 0 Å². The molecular formula is C27H38N2O5. The van der Waals surface area contributed by atoms with Gasteiger partial charge in [-0.05, 0) is 69.0 Å². The maximum atomic E-state index is 13.3. The first kappa shape index (κ1) is 27.0. The second-order valence-electron chi connectivity index (χ2n) is 7.98. The first-order valence-electron chi connectivity index (χ1n) is 12.0. The lowest BCUT2D eigenvalue weighted by Crippen LogP contribution is -2.47. The Hall–Kier alpha value is -3.22. The van der Waals surface area contributed by atoms with Gasteiger partial charge in [0.25, 0.3) is 0 Å². The molecule has 0 aliphatic heterocycles. The van der Waals surface area contributed by atoms with Gasteiger partial charge in [0.15, 0.2) is 11.5 Å². The minimum atomic E-state index is -0.583. The Morgan fingerprint density at radius 2 is 1.59 bits per heavy atom. The van der Waals surface area contributed by atoms with Crippen LogP contribution in [0.1, 0.15) is 51.7 Å². The van der Waals surface area contributed by atoms with Gasteiger partial charge in [-0.1, -0.05) is 25.1 Å². The summed E-state index contributed by atoms with van der Waals surface area (Å²) in [5, 5.41) is 2.90. The van der Waals surface area contributed by atoms with Crippen LogP contribution in [0.15, 0.2) is 42.5 Å². The number of benzene rings is 2. The van der Waals surface area contributed by atoms with E-state index >= 15 is 0 Å². The van der Waals surface area contributed by atoms with Gasteiger partial charge >= 0.3 is 0 Å². The molecule has 2 rings (SSSR count). The summed E-state index contributed by atoms with van der Waals surface area (Å²) in [6.45, 7) is 9.64. The van der Waals surface area contributed by atoms with Crippen LogP contribution in [0, 0.1) is 0 Å². The van der Waals surface area contributed by atoms with Crippen molar-refractivity contribution >= 4 is 11.8 Å². The Labute approximate surface area is 203 Å². The van der Waals surface area contributed by atoms with Crippen LogP contribution in [-0.2, 0) is 22.6 Å². The third-order valence-corrected chi connectivity index (χ3v) is 5.46. The Morgan fingerprint density at radius 1 is 0.941 bits per heavy atom. The van der Waals surface area contributed by atoms with Crippen molar-refractivity contribution < 1.29 is 23.8 Å². The molecule has 0 aliphatic carbocycles. The molecule has 34 heavy (non-hydrogen) atoms. The molecule has 0 saturated heterocycles. The van der Waals surface area contributed by atoms with Crippen molar-refractivity contribution in [2.45, 2.75) is 59.5 Å². The van der Waals surface area contributed by atoms with E-state index in [-0.39, 0.29) is 18.2 Å². The largest absolute Gasteiger partial charge is 0.497 e. The number of hydrogen-bond donors (Lipinski definition) is 1. The van der Waals surface area contributed by atoms with Gasteiger partial charge in [-0.2, -0.15) is 0 Å². The third-order valence-electron chi connectivity index (χ3n) is 5.46. The standard InChI is InChI=1S/C27H38N2O5/c1-6-17-28-27(31)20(4)29(19-22-9-13-23(32-5)14-10-22)26(30)16-12-21-11-15-24(33-7-2)25(18-21)34-8-3/h9-11,13-15,18,20H,6-8,12,16-17,19H2,1-5H3,(H,28,31). The Bertz CT molecular complexity index is 914. The van der Waals surface area contributed by atoms with Gasteiger partial charge in [0.05, 0.1) is 20.3 Å². The Morgan fingerprint density at radius 3 is 2.21 bits per heavy atom. The first-order chi connectivity index (χ1) is 16.4. The molecule has 0 spiro atoms. The summed E-state index contributed by atoms with van der Waals surface area (Å²) >= 11 is 0. The number of nitrogens with zero attached hydrogens (tertiary/aromatic N) is 1. The van der Waals surface area contributed by atoms with Crippen molar-refractivity contribution in [3.8, 4) is 17.2 Å². The van der Waals surface area contributed by atoms with E-state index in [0.29, 0.717) is 44.2 Å². The monoisotopic (exact) mass is 470 g/mol. The van der Waals surface area contributed by atoms with Crippen molar-refractivity contribution in [1.82, 2.24) is 10.2 Å². The number of aryl methyl sites for hydroxylation is 1. The molecule has 2 amide bonds. The highest BCUT2D eigenvalue weighted by molar-refractivity contribution is 5.87. The van der Waals surface area contributed by atoms with Crippen LogP contribution < -0.4 is 19.5 Å². The molecule has 7 nitrogen and oxygen atoms in total. The van der Waals surface area contributed by atoms with Crippen LogP contribution in [0.5, 0.6) is 17.2 Å². The fourth-order valence-electron chi connectivity index (χ4n) is 3.55. The van der Waals surface area contributed by atoms with Crippen molar-refractivity contribution in [2.24, 2.45) is 0 Å². The first-order valence-corrected chi connectivity index (χ1v) is 12.0. The molecule has 7 heteroatoms. The van der Waals surface area contributed by atoms with Crippen LogP contribution >= 0.6 is 0 Å².